The summed E-state index contributed by atoms with van der Waals surface area (Å²) in [5.41, 5.74) is 1.75. The van der Waals surface area contributed by atoms with Crippen molar-refractivity contribution in [2.75, 3.05) is 11.5 Å². The van der Waals surface area contributed by atoms with Gasteiger partial charge in [-0.05, 0) is 36.3 Å². The molecule has 0 bridgehead atoms. The summed E-state index contributed by atoms with van der Waals surface area (Å²) in [5.74, 6) is 5.47. The zero-order valence-electron chi connectivity index (χ0n) is 8.05. The summed E-state index contributed by atoms with van der Waals surface area (Å²) >= 11 is 2.11. The number of thioether (sulfide) groups is 1. The van der Waals surface area contributed by atoms with Crippen LogP contribution in [0.4, 0.5) is 0 Å². The number of allylic oxidation sites excluding steroid dienone is 1. The van der Waals surface area contributed by atoms with E-state index < -0.39 is 0 Å². The van der Waals surface area contributed by atoms with E-state index in [0.717, 1.165) is 17.8 Å². The van der Waals surface area contributed by atoms with E-state index in [0.29, 0.717) is 0 Å². The highest BCUT2D eigenvalue weighted by Gasteiger charge is 2.32. The van der Waals surface area contributed by atoms with Crippen molar-refractivity contribution < 1.29 is 0 Å². The standard InChI is InChI=1S/C11H18S/c1-8-5-11-6-10(11)3-4-12-7-9(8)2/h3,8-9,11H,4-7H2,1-2H3/b10-3-. The van der Waals surface area contributed by atoms with Gasteiger partial charge in [0.15, 0.2) is 0 Å². The molecule has 1 aliphatic carbocycles. The maximum Gasteiger partial charge on any atom is 0.0116 e. The van der Waals surface area contributed by atoms with E-state index in [9.17, 15) is 0 Å². The van der Waals surface area contributed by atoms with E-state index >= 15 is 0 Å². The normalized spacial score (nSPS) is 46.2. The first-order valence-electron chi connectivity index (χ1n) is 5.04. The van der Waals surface area contributed by atoms with E-state index in [1.54, 1.807) is 5.57 Å². The predicted molar refractivity (Wildman–Crippen MR) is 56.5 cm³/mol. The average molecular weight is 182 g/mol. The third-order valence-corrected chi connectivity index (χ3v) is 4.48. The van der Waals surface area contributed by atoms with Crippen LogP contribution in [0, 0.1) is 17.8 Å². The molecule has 0 N–H and O–H groups in total. The number of fused-ring (bicyclic) bond motifs is 1. The fourth-order valence-corrected chi connectivity index (χ4v) is 3.14. The van der Waals surface area contributed by atoms with Crippen LogP contribution in [0.25, 0.3) is 0 Å². The highest BCUT2D eigenvalue weighted by atomic mass is 32.2. The molecule has 0 aromatic carbocycles. The second-order valence-electron chi connectivity index (χ2n) is 4.41. The maximum absolute atomic E-state index is 2.47. The third kappa shape index (κ3) is 1.87. The Morgan fingerprint density at radius 3 is 3.00 bits per heavy atom. The Labute approximate surface area is 79.8 Å². The van der Waals surface area contributed by atoms with Crippen LogP contribution in [0.5, 0.6) is 0 Å². The number of hydrogen-bond acceptors (Lipinski definition) is 1. The van der Waals surface area contributed by atoms with Crippen molar-refractivity contribution in [1.29, 1.82) is 0 Å². The summed E-state index contributed by atoms with van der Waals surface area (Å²) in [4.78, 5) is 0. The van der Waals surface area contributed by atoms with Gasteiger partial charge in [-0.2, -0.15) is 11.8 Å². The lowest BCUT2D eigenvalue weighted by Crippen LogP contribution is -2.11. The zero-order chi connectivity index (χ0) is 8.55. The van der Waals surface area contributed by atoms with Crippen molar-refractivity contribution in [3.8, 4) is 0 Å². The molecule has 0 spiro atoms. The molecule has 1 aliphatic heterocycles. The molecule has 0 aromatic rings. The lowest BCUT2D eigenvalue weighted by molar-refractivity contribution is 0.383. The van der Waals surface area contributed by atoms with Crippen LogP contribution in [-0.2, 0) is 0 Å². The predicted octanol–water partition coefficient (Wildman–Crippen LogP) is 3.34. The van der Waals surface area contributed by atoms with Crippen LogP contribution in [-0.4, -0.2) is 11.5 Å². The van der Waals surface area contributed by atoms with E-state index in [2.05, 4.69) is 31.7 Å². The Morgan fingerprint density at radius 1 is 1.33 bits per heavy atom. The van der Waals surface area contributed by atoms with Gasteiger partial charge in [-0.3, -0.25) is 0 Å². The molecule has 0 nitrogen and oxygen atoms in total. The molecule has 1 heterocycles. The van der Waals surface area contributed by atoms with Crippen molar-refractivity contribution >= 4 is 11.8 Å². The molecule has 1 heteroatoms. The molecule has 3 unspecified atom stereocenters. The molecular formula is C11H18S. The molecule has 1 saturated carbocycles. The molecule has 12 heavy (non-hydrogen) atoms. The van der Waals surface area contributed by atoms with Gasteiger partial charge in [0.05, 0.1) is 0 Å². The van der Waals surface area contributed by atoms with Crippen molar-refractivity contribution in [2.45, 2.75) is 26.7 Å². The Bertz CT molecular complexity index is 195. The summed E-state index contributed by atoms with van der Waals surface area (Å²) in [6.07, 6.45) is 5.34. The van der Waals surface area contributed by atoms with Crippen molar-refractivity contribution in [3.05, 3.63) is 11.6 Å². The van der Waals surface area contributed by atoms with Crippen LogP contribution >= 0.6 is 11.8 Å². The number of rotatable bonds is 0. The first kappa shape index (κ1) is 8.68. The van der Waals surface area contributed by atoms with Crippen molar-refractivity contribution in [2.24, 2.45) is 17.8 Å². The molecule has 0 amide bonds. The topological polar surface area (TPSA) is 0 Å². The molecule has 0 radical (unpaired) electrons. The highest BCUT2D eigenvalue weighted by molar-refractivity contribution is 7.99. The molecule has 68 valence electrons. The van der Waals surface area contributed by atoms with E-state index in [1.807, 2.05) is 0 Å². The molecule has 3 atom stereocenters. The summed E-state index contributed by atoms with van der Waals surface area (Å²) in [6.45, 7) is 4.83. The summed E-state index contributed by atoms with van der Waals surface area (Å²) in [6, 6.07) is 0. The minimum Gasteiger partial charge on any atom is -0.158 e. The lowest BCUT2D eigenvalue weighted by Gasteiger charge is -2.18. The minimum absolute atomic E-state index is 0.920. The summed E-state index contributed by atoms with van der Waals surface area (Å²) in [5, 5.41) is 0. The largest absolute Gasteiger partial charge is 0.158 e. The van der Waals surface area contributed by atoms with Crippen molar-refractivity contribution in [1.82, 2.24) is 0 Å². The van der Waals surface area contributed by atoms with Crippen LogP contribution in [0.3, 0.4) is 0 Å². The third-order valence-electron chi connectivity index (χ3n) is 3.32. The average Bonchev–Trinajstić information content (AvgIpc) is 2.75. The second-order valence-corrected chi connectivity index (χ2v) is 5.48. The summed E-state index contributed by atoms with van der Waals surface area (Å²) in [7, 11) is 0. The Hall–Kier alpha value is 0.0900. The molecule has 0 aromatic heterocycles. The van der Waals surface area contributed by atoms with Gasteiger partial charge >= 0.3 is 0 Å². The fraction of sp³-hybridized carbons (Fsp3) is 0.818. The highest BCUT2D eigenvalue weighted by Crippen LogP contribution is 2.44. The van der Waals surface area contributed by atoms with Gasteiger partial charge in [0.2, 0.25) is 0 Å². The van der Waals surface area contributed by atoms with Gasteiger partial charge in [0.1, 0.15) is 0 Å². The van der Waals surface area contributed by atoms with Crippen LogP contribution in [0.2, 0.25) is 0 Å². The van der Waals surface area contributed by atoms with Gasteiger partial charge in [-0.15, -0.1) is 0 Å². The Balaban J connectivity index is 1.98. The van der Waals surface area contributed by atoms with E-state index in [1.165, 1.54) is 24.3 Å². The molecule has 1 fully saturated rings. The lowest BCUT2D eigenvalue weighted by atomic mass is 9.92. The fourth-order valence-electron chi connectivity index (χ4n) is 1.98. The monoisotopic (exact) mass is 182 g/mol. The molecular weight excluding hydrogens is 164 g/mol. The zero-order valence-corrected chi connectivity index (χ0v) is 8.86. The van der Waals surface area contributed by atoms with E-state index in [4.69, 9.17) is 0 Å². The van der Waals surface area contributed by atoms with Crippen LogP contribution in [0.1, 0.15) is 26.7 Å². The Morgan fingerprint density at radius 2 is 2.17 bits per heavy atom. The first-order valence-corrected chi connectivity index (χ1v) is 6.19. The Kier molecular flexibility index (Phi) is 2.49. The van der Waals surface area contributed by atoms with Crippen LogP contribution in [0.15, 0.2) is 11.6 Å². The molecule has 2 aliphatic rings. The molecule has 0 saturated heterocycles. The van der Waals surface area contributed by atoms with E-state index in [-0.39, 0.29) is 0 Å². The first-order chi connectivity index (χ1) is 5.77. The quantitative estimate of drug-likeness (QED) is 0.518. The van der Waals surface area contributed by atoms with Gasteiger partial charge in [-0.25, -0.2) is 0 Å². The van der Waals surface area contributed by atoms with Gasteiger partial charge in [0.25, 0.3) is 0 Å². The van der Waals surface area contributed by atoms with Crippen LogP contribution < -0.4 is 0 Å². The maximum atomic E-state index is 2.47. The summed E-state index contributed by atoms with van der Waals surface area (Å²) < 4.78 is 0. The second kappa shape index (κ2) is 3.45. The SMILES string of the molecule is CC1CSC/C=C2/CC2CC1C. The van der Waals surface area contributed by atoms with Gasteiger partial charge in [0, 0.05) is 5.75 Å². The van der Waals surface area contributed by atoms with Gasteiger partial charge in [-0.1, -0.05) is 25.5 Å². The van der Waals surface area contributed by atoms with Crippen molar-refractivity contribution in [3.63, 3.8) is 0 Å². The van der Waals surface area contributed by atoms with Gasteiger partial charge < -0.3 is 0 Å². The molecule has 2 rings (SSSR count). The smallest absolute Gasteiger partial charge is 0.0116 e. The number of hydrogen-bond donors (Lipinski definition) is 0. The minimum atomic E-state index is 0.920.